The largest absolute Gasteiger partial charge is 0.493 e. The number of ether oxygens (including phenoxy) is 3. The monoisotopic (exact) mass is 339 g/mol. The molecule has 0 aliphatic rings. The quantitative estimate of drug-likeness (QED) is 0.386. The van der Waals surface area contributed by atoms with E-state index in [-0.39, 0.29) is 0 Å². The summed E-state index contributed by atoms with van der Waals surface area (Å²) in [4.78, 5) is 16.0. The van der Waals surface area contributed by atoms with Gasteiger partial charge in [-0.25, -0.2) is 9.78 Å². The standard InChI is InChI=1S/C19H17NO5/c1-3-23-17-7-4-13(10-18(17)22-2)5-9-19(21)25-14-6-8-16-15(11-14)20-12-24-16/h4-12H,3H2,1-2H3/b9-5+. The van der Waals surface area contributed by atoms with Crippen molar-refractivity contribution in [1.82, 2.24) is 4.98 Å². The van der Waals surface area contributed by atoms with E-state index >= 15 is 0 Å². The first-order chi connectivity index (χ1) is 12.2. The predicted octanol–water partition coefficient (Wildman–Crippen LogP) is 3.85. The average molecular weight is 339 g/mol. The maximum Gasteiger partial charge on any atom is 0.336 e. The molecule has 3 rings (SSSR count). The van der Waals surface area contributed by atoms with E-state index in [0.29, 0.717) is 35.0 Å². The molecule has 0 aliphatic carbocycles. The average Bonchev–Trinajstić information content (AvgIpc) is 3.09. The minimum Gasteiger partial charge on any atom is -0.493 e. The molecule has 0 amide bonds. The van der Waals surface area contributed by atoms with E-state index in [2.05, 4.69) is 4.98 Å². The molecule has 25 heavy (non-hydrogen) atoms. The van der Waals surface area contributed by atoms with Crippen LogP contribution in [-0.4, -0.2) is 24.7 Å². The fourth-order valence-electron chi connectivity index (χ4n) is 2.28. The molecule has 0 radical (unpaired) electrons. The van der Waals surface area contributed by atoms with Gasteiger partial charge < -0.3 is 18.6 Å². The van der Waals surface area contributed by atoms with Crippen LogP contribution in [0.15, 0.2) is 53.3 Å². The van der Waals surface area contributed by atoms with Gasteiger partial charge in [0.1, 0.15) is 11.3 Å². The highest BCUT2D eigenvalue weighted by molar-refractivity contribution is 5.89. The molecule has 0 unspecified atom stereocenters. The second kappa shape index (κ2) is 7.53. The number of carbonyl (C=O) groups is 1. The smallest absolute Gasteiger partial charge is 0.336 e. The summed E-state index contributed by atoms with van der Waals surface area (Å²) in [5, 5.41) is 0. The molecule has 0 bridgehead atoms. The van der Waals surface area contributed by atoms with Crippen LogP contribution in [0.4, 0.5) is 0 Å². The molecule has 2 aromatic carbocycles. The number of hydrogen-bond acceptors (Lipinski definition) is 6. The van der Waals surface area contributed by atoms with Gasteiger partial charge in [-0.1, -0.05) is 6.07 Å². The normalized spacial score (nSPS) is 11.0. The first kappa shape index (κ1) is 16.6. The second-order valence-corrected chi connectivity index (χ2v) is 5.08. The number of benzene rings is 2. The van der Waals surface area contributed by atoms with E-state index in [1.807, 2.05) is 13.0 Å². The maximum atomic E-state index is 12.0. The number of rotatable bonds is 6. The van der Waals surface area contributed by atoms with E-state index < -0.39 is 5.97 Å². The van der Waals surface area contributed by atoms with Gasteiger partial charge in [0, 0.05) is 12.1 Å². The van der Waals surface area contributed by atoms with Crippen LogP contribution < -0.4 is 14.2 Å². The van der Waals surface area contributed by atoms with Gasteiger partial charge in [-0.2, -0.15) is 0 Å². The number of carbonyl (C=O) groups excluding carboxylic acids is 1. The molecule has 1 aromatic heterocycles. The van der Waals surface area contributed by atoms with Gasteiger partial charge in [0.05, 0.1) is 13.7 Å². The predicted molar refractivity (Wildman–Crippen MR) is 92.8 cm³/mol. The SMILES string of the molecule is CCOc1ccc(/C=C/C(=O)Oc2ccc3ocnc3c2)cc1OC. The summed E-state index contributed by atoms with van der Waals surface area (Å²) in [5.74, 6) is 1.18. The van der Waals surface area contributed by atoms with E-state index in [4.69, 9.17) is 18.6 Å². The Morgan fingerprint density at radius 2 is 2.08 bits per heavy atom. The van der Waals surface area contributed by atoms with Gasteiger partial charge in [-0.05, 0) is 42.8 Å². The van der Waals surface area contributed by atoms with Crippen LogP contribution >= 0.6 is 0 Å². The highest BCUT2D eigenvalue weighted by Crippen LogP contribution is 2.28. The number of methoxy groups -OCH3 is 1. The number of aromatic nitrogens is 1. The number of hydrogen-bond donors (Lipinski definition) is 0. The van der Waals surface area contributed by atoms with Gasteiger partial charge in [0.25, 0.3) is 0 Å². The molecule has 0 atom stereocenters. The molecule has 6 heteroatoms. The van der Waals surface area contributed by atoms with Gasteiger partial charge in [0.2, 0.25) is 0 Å². The third-order valence-electron chi connectivity index (χ3n) is 3.42. The summed E-state index contributed by atoms with van der Waals surface area (Å²) in [7, 11) is 1.57. The fraction of sp³-hybridized carbons (Fsp3) is 0.158. The summed E-state index contributed by atoms with van der Waals surface area (Å²) in [6.07, 6.45) is 4.34. The molecule has 3 aromatic rings. The first-order valence-corrected chi connectivity index (χ1v) is 7.73. The van der Waals surface area contributed by atoms with Gasteiger partial charge in [0.15, 0.2) is 23.5 Å². The Bertz CT molecular complexity index is 913. The van der Waals surface area contributed by atoms with Crippen molar-refractivity contribution in [3.8, 4) is 17.2 Å². The lowest BCUT2D eigenvalue weighted by atomic mass is 10.2. The summed E-state index contributed by atoms with van der Waals surface area (Å²) >= 11 is 0. The minimum atomic E-state index is -0.490. The zero-order valence-electron chi connectivity index (χ0n) is 13.9. The van der Waals surface area contributed by atoms with Crippen molar-refractivity contribution in [2.45, 2.75) is 6.92 Å². The minimum absolute atomic E-state index is 0.403. The van der Waals surface area contributed by atoms with Crippen LogP contribution in [0, 0.1) is 0 Å². The molecule has 6 nitrogen and oxygen atoms in total. The van der Waals surface area contributed by atoms with E-state index in [0.717, 1.165) is 5.56 Å². The van der Waals surface area contributed by atoms with Crippen molar-refractivity contribution < 1.29 is 23.4 Å². The number of nitrogens with zero attached hydrogens (tertiary/aromatic N) is 1. The van der Waals surface area contributed by atoms with Gasteiger partial charge in [-0.15, -0.1) is 0 Å². The number of esters is 1. The van der Waals surface area contributed by atoms with Crippen LogP contribution in [-0.2, 0) is 4.79 Å². The molecule has 0 fully saturated rings. The molecular weight excluding hydrogens is 322 g/mol. The Morgan fingerprint density at radius 1 is 1.20 bits per heavy atom. The van der Waals surface area contributed by atoms with Crippen molar-refractivity contribution in [1.29, 1.82) is 0 Å². The molecule has 0 N–H and O–H groups in total. The van der Waals surface area contributed by atoms with Crippen LogP contribution in [0.1, 0.15) is 12.5 Å². The number of fused-ring (bicyclic) bond motifs is 1. The molecular formula is C19H17NO5. The first-order valence-electron chi connectivity index (χ1n) is 7.73. The van der Waals surface area contributed by atoms with E-state index in [1.54, 1.807) is 43.5 Å². The van der Waals surface area contributed by atoms with E-state index in [9.17, 15) is 4.79 Å². The lowest BCUT2D eigenvalue weighted by Crippen LogP contribution is -2.03. The summed E-state index contributed by atoms with van der Waals surface area (Å²) < 4.78 is 21.2. The highest BCUT2D eigenvalue weighted by Gasteiger charge is 2.06. The van der Waals surface area contributed by atoms with Crippen molar-refractivity contribution in [3.05, 3.63) is 54.4 Å². The third-order valence-corrected chi connectivity index (χ3v) is 3.42. The number of oxazole rings is 1. The van der Waals surface area contributed by atoms with Crippen molar-refractivity contribution in [2.75, 3.05) is 13.7 Å². The topological polar surface area (TPSA) is 70.8 Å². The molecule has 0 saturated heterocycles. The Kier molecular flexibility index (Phi) is 4.99. The summed E-state index contributed by atoms with van der Waals surface area (Å²) in [5.41, 5.74) is 2.06. The fourth-order valence-corrected chi connectivity index (χ4v) is 2.28. The Balaban J connectivity index is 1.69. The highest BCUT2D eigenvalue weighted by atomic mass is 16.5. The molecule has 128 valence electrons. The molecule has 0 saturated carbocycles. The van der Waals surface area contributed by atoms with Crippen molar-refractivity contribution in [2.24, 2.45) is 0 Å². The molecule has 1 heterocycles. The maximum absolute atomic E-state index is 12.0. The molecule has 0 spiro atoms. The van der Waals surface area contributed by atoms with Crippen LogP contribution in [0.2, 0.25) is 0 Å². The lowest BCUT2D eigenvalue weighted by molar-refractivity contribution is -0.128. The van der Waals surface area contributed by atoms with Gasteiger partial charge >= 0.3 is 5.97 Å². The zero-order valence-corrected chi connectivity index (χ0v) is 13.9. The van der Waals surface area contributed by atoms with Crippen LogP contribution in [0.5, 0.6) is 17.2 Å². The Labute approximate surface area is 144 Å². The molecule has 0 aliphatic heterocycles. The van der Waals surface area contributed by atoms with Crippen LogP contribution in [0.3, 0.4) is 0 Å². The Hall–Kier alpha value is -3.28. The zero-order chi connectivity index (χ0) is 17.6. The van der Waals surface area contributed by atoms with Crippen molar-refractivity contribution >= 4 is 23.1 Å². The summed E-state index contributed by atoms with van der Waals surface area (Å²) in [6.45, 7) is 2.45. The third kappa shape index (κ3) is 3.98. The second-order valence-electron chi connectivity index (χ2n) is 5.08. The van der Waals surface area contributed by atoms with Gasteiger partial charge in [-0.3, -0.25) is 0 Å². The lowest BCUT2D eigenvalue weighted by Gasteiger charge is -2.09. The Morgan fingerprint density at radius 3 is 2.88 bits per heavy atom. The van der Waals surface area contributed by atoms with Crippen molar-refractivity contribution in [3.63, 3.8) is 0 Å². The van der Waals surface area contributed by atoms with E-state index in [1.165, 1.54) is 12.5 Å². The summed E-state index contributed by atoms with van der Waals surface area (Å²) in [6, 6.07) is 10.4. The van der Waals surface area contributed by atoms with Crippen LogP contribution in [0.25, 0.3) is 17.2 Å².